The zero-order valence-corrected chi connectivity index (χ0v) is 11.8. The van der Waals surface area contributed by atoms with Crippen LogP contribution in [0.2, 0.25) is 0 Å². The van der Waals surface area contributed by atoms with Crippen LogP contribution in [0.25, 0.3) is 0 Å². The number of nitro groups is 1. The first-order chi connectivity index (χ1) is 9.49. The molecule has 0 aliphatic carbocycles. The molecule has 1 heterocycles. The van der Waals surface area contributed by atoms with Gasteiger partial charge in [-0.15, -0.1) is 0 Å². The van der Waals surface area contributed by atoms with Gasteiger partial charge >= 0.3 is 0 Å². The van der Waals surface area contributed by atoms with Crippen LogP contribution in [0.4, 0.5) is 11.5 Å². The number of nitrogens with one attached hydrogen (secondary N) is 1. The Kier molecular flexibility index (Phi) is 3.98. The van der Waals surface area contributed by atoms with Gasteiger partial charge in [0.25, 0.3) is 5.69 Å². The van der Waals surface area contributed by atoms with Crippen LogP contribution in [0.3, 0.4) is 0 Å². The molecule has 104 valence electrons. The maximum absolute atomic E-state index is 10.9. The Morgan fingerprint density at radius 2 is 1.95 bits per heavy atom. The summed E-state index contributed by atoms with van der Waals surface area (Å²) < 4.78 is 0. The van der Waals surface area contributed by atoms with E-state index in [2.05, 4.69) is 10.3 Å². The van der Waals surface area contributed by atoms with Crippen LogP contribution in [0.15, 0.2) is 36.5 Å². The van der Waals surface area contributed by atoms with Gasteiger partial charge in [0.05, 0.1) is 17.0 Å². The second-order valence-corrected chi connectivity index (χ2v) is 4.84. The summed E-state index contributed by atoms with van der Waals surface area (Å²) in [5, 5.41) is 14.1. The summed E-state index contributed by atoms with van der Waals surface area (Å²) in [6.07, 6.45) is 1.52. The van der Waals surface area contributed by atoms with Crippen molar-refractivity contribution < 1.29 is 4.92 Å². The van der Waals surface area contributed by atoms with Gasteiger partial charge in [-0.3, -0.25) is 10.1 Å². The lowest BCUT2D eigenvalue weighted by atomic mass is 10.0. The lowest BCUT2D eigenvalue weighted by Gasteiger charge is -2.17. The van der Waals surface area contributed by atoms with E-state index in [9.17, 15) is 10.1 Å². The highest BCUT2D eigenvalue weighted by atomic mass is 16.6. The topological polar surface area (TPSA) is 68.1 Å². The minimum absolute atomic E-state index is 0.0333. The summed E-state index contributed by atoms with van der Waals surface area (Å²) in [6, 6.07) is 9.55. The Labute approximate surface area is 117 Å². The fourth-order valence-electron chi connectivity index (χ4n) is 2.16. The van der Waals surface area contributed by atoms with E-state index in [0.717, 1.165) is 5.56 Å². The van der Waals surface area contributed by atoms with Gasteiger partial charge in [-0.05, 0) is 31.9 Å². The molecule has 0 bridgehead atoms. The zero-order valence-electron chi connectivity index (χ0n) is 11.8. The first kappa shape index (κ1) is 14.0. The van der Waals surface area contributed by atoms with Crippen molar-refractivity contribution in [1.29, 1.82) is 0 Å². The minimum Gasteiger partial charge on any atom is -0.363 e. The Morgan fingerprint density at radius 1 is 1.25 bits per heavy atom. The van der Waals surface area contributed by atoms with E-state index in [-0.39, 0.29) is 16.7 Å². The third-order valence-electron chi connectivity index (χ3n) is 3.29. The summed E-state index contributed by atoms with van der Waals surface area (Å²) in [4.78, 5) is 14.7. The standard InChI is InChI=1S/C15H17N3O2/c1-10-6-4-5-7-13(10)12(3)17-15-8-14(18(19)20)11(2)9-16-15/h4-9,12H,1-3H3,(H,16,17). The highest BCUT2D eigenvalue weighted by Crippen LogP contribution is 2.24. The van der Waals surface area contributed by atoms with E-state index in [1.54, 1.807) is 6.92 Å². The van der Waals surface area contributed by atoms with Crippen LogP contribution in [0.5, 0.6) is 0 Å². The van der Waals surface area contributed by atoms with E-state index in [1.165, 1.54) is 17.8 Å². The smallest absolute Gasteiger partial charge is 0.277 e. The molecule has 1 aromatic carbocycles. The number of aryl methyl sites for hydroxylation is 2. The van der Waals surface area contributed by atoms with Crippen molar-refractivity contribution in [2.45, 2.75) is 26.8 Å². The maximum Gasteiger partial charge on any atom is 0.277 e. The molecule has 20 heavy (non-hydrogen) atoms. The van der Waals surface area contributed by atoms with Crippen molar-refractivity contribution in [1.82, 2.24) is 4.98 Å². The molecule has 0 aliphatic heterocycles. The first-order valence-corrected chi connectivity index (χ1v) is 6.42. The average Bonchev–Trinajstić information content (AvgIpc) is 2.41. The van der Waals surface area contributed by atoms with E-state index in [1.807, 2.05) is 38.1 Å². The molecule has 1 atom stereocenters. The van der Waals surface area contributed by atoms with Crippen molar-refractivity contribution in [2.24, 2.45) is 0 Å². The number of benzene rings is 1. The van der Waals surface area contributed by atoms with Crippen molar-refractivity contribution >= 4 is 11.5 Å². The van der Waals surface area contributed by atoms with Gasteiger partial charge in [0.2, 0.25) is 0 Å². The molecular weight excluding hydrogens is 254 g/mol. The van der Waals surface area contributed by atoms with Crippen molar-refractivity contribution in [3.05, 3.63) is 63.3 Å². The molecule has 5 heteroatoms. The Hall–Kier alpha value is -2.43. The predicted octanol–water partition coefficient (Wildman–Crippen LogP) is 3.78. The predicted molar refractivity (Wildman–Crippen MR) is 78.8 cm³/mol. The third kappa shape index (κ3) is 2.93. The summed E-state index contributed by atoms with van der Waals surface area (Å²) in [5.74, 6) is 0.512. The zero-order chi connectivity index (χ0) is 14.7. The van der Waals surface area contributed by atoms with Gasteiger partial charge < -0.3 is 5.32 Å². The van der Waals surface area contributed by atoms with Gasteiger partial charge in [-0.25, -0.2) is 4.98 Å². The Balaban J connectivity index is 2.24. The molecule has 0 amide bonds. The molecule has 0 aliphatic rings. The molecule has 0 radical (unpaired) electrons. The van der Waals surface area contributed by atoms with E-state index < -0.39 is 0 Å². The molecule has 0 saturated heterocycles. The molecule has 1 aromatic heterocycles. The fourth-order valence-corrected chi connectivity index (χ4v) is 2.16. The Morgan fingerprint density at radius 3 is 2.60 bits per heavy atom. The molecule has 0 fully saturated rings. The number of hydrogen-bond acceptors (Lipinski definition) is 4. The third-order valence-corrected chi connectivity index (χ3v) is 3.29. The Bertz CT molecular complexity index is 641. The number of hydrogen-bond donors (Lipinski definition) is 1. The van der Waals surface area contributed by atoms with Gasteiger partial charge in [0.1, 0.15) is 5.82 Å². The van der Waals surface area contributed by atoms with Crippen LogP contribution in [-0.4, -0.2) is 9.91 Å². The molecular formula is C15H17N3O2. The largest absolute Gasteiger partial charge is 0.363 e. The molecule has 0 saturated carbocycles. The first-order valence-electron chi connectivity index (χ1n) is 6.42. The molecule has 2 rings (SSSR count). The van der Waals surface area contributed by atoms with Crippen molar-refractivity contribution in [3.63, 3.8) is 0 Å². The monoisotopic (exact) mass is 271 g/mol. The van der Waals surface area contributed by atoms with Crippen LogP contribution >= 0.6 is 0 Å². The van der Waals surface area contributed by atoms with Gasteiger partial charge in [-0.1, -0.05) is 24.3 Å². The molecule has 1 unspecified atom stereocenters. The van der Waals surface area contributed by atoms with Gasteiger partial charge in [0, 0.05) is 11.8 Å². The lowest BCUT2D eigenvalue weighted by molar-refractivity contribution is -0.385. The van der Waals surface area contributed by atoms with E-state index in [4.69, 9.17) is 0 Å². The molecule has 1 N–H and O–H groups in total. The summed E-state index contributed by atoms with van der Waals surface area (Å²) >= 11 is 0. The number of rotatable bonds is 4. The molecule has 0 spiro atoms. The number of nitrogens with zero attached hydrogens (tertiary/aromatic N) is 2. The van der Waals surface area contributed by atoms with Gasteiger partial charge in [0.15, 0.2) is 0 Å². The van der Waals surface area contributed by atoms with E-state index in [0.29, 0.717) is 11.4 Å². The normalized spacial score (nSPS) is 11.9. The van der Waals surface area contributed by atoms with Crippen LogP contribution < -0.4 is 5.32 Å². The second-order valence-electron chi connectivity index (χ2n) is 4.84. The summed E-state index contributed by atoms with van der Waals surface area (Å²) in [6.45, 7) is 5.73. The highest BCUT2D eigenvalue weighted by molar-refractivity contribution is 5.50. The highest BCUT2D eigenvalue weighted by Gasteiger charge is 2.14. The van der Waals surface area contributed by atoms with Crippen LogP contribution in [0, 0.1) is 24.0 Å². The fraction of sp³-hybridized carbons (Fsp3) is 0.267. The van der Waals surface area contributed by atoms with Crippen molar-refractivity contribution in [2.75, 3.05) is 5.32 Å². The van der Waals surface area contributed by atoms with E-state index >= 15 is 0 Å². The summed E-state index contributed by atoms with van der Waals surface area (Å²) in [7, 11) is 0. The quantitative estimate of drug-likeness (QED) is 0.678. The number of pyridine rings is 1. The van der Waals surface area contributed by atoms with Crippen molar-refractivity contribution in [3.8, 4) is 0 Å². The molecule has 5 nitrogen and oxygen atoms in total. The maximum atomic E-state index is 10.9. The summed E-state index contributed by atoms with van der Waals surface area (Å²) in [5.41, 5.74) is 2.97. The lowest BCUT2D eigenvalue weighted by Crippen LogP contribution is -2.09. The number of anilines is 1. The number of aromatic nitrogens is 1. The molecule has 2 aromatic rings. The van der Waals surface area contributed by atoms with Gasteiger partial charge in [-0.2, -0.15) is 0 Å². The minimum atomic E-state index is -0.388. The SMILES string of the molecule is Cc1ccccc1C(C)Nc1cc([N+](=O)[O-])c(C)cn1. The average molecular weight is 271 g/mol. The van der Waals surface area contributed by atoms with Crippen LogP contribution in [0.1, 0.15) is 29.7 Å². The second kappa shape index (κ2) is 5.69. The van der Waals surface area contributed by atoms with Crippen LogP contribution in [-0.2, 0) is 0 Å².